The van der Waals surface area contributed by atoms with Crippen molar-refractivity contribution in [3.8, 4) is 16.9 Å². The quantitative estimate of drug-likeness (QED) is 0.327. The molecule has 3 aromatic rings. The number of aryl methyl sites for hydroxylation is 1. The van der Waals surface area contributed by atoms with Gasteiger partial charge in [0, 0.05) is 12.1 Å². The van der Waals surface area contributed by atoms with E-state index in [0.717, 1.165) is 72.3 Å². The summed E-state index contributed by atoms with van der Waals surface area (Å²) >= 11 is 0. The van der Waals surface area contributed by atoms with Crippen LogP contribution in [0.25, 0.3) is 11.1 Å². The summed E-state index contributed by atoms with van der Waals surface area (Å²) in [4.78, 5) is 15.1. The van der Waals surface area contributed by atoms with Gasteiger partial charge in [-0.1, -0.05) is 62.0 Å². The van der Waals surface area contributed by atoms with Crippen LogP contribution in [0.1, 0.15) is 63.0 Å². The number of carbonyl (C=O) groups excluding carboxylic acids is 1. The highest BCUT2D eigenvalue weighted by Crippen LogP contribution is 2.40. The number of anilines is 2. The Morgan fingerprint density at radius 2 is 1.74 bits per heavy atom. The molecule has 1 fully saturated rings. The van der Waals surface area contributed by atoms with Gasteiger partial charge in [0.1, 0.15) is 11.9 Å². The van der Waals surface area contributed by atoms with E-state index in [4.69, 9.17) is 4.74 Å². The van der Waals surface area contributed by atoms with Crippen molar-refractivity contribution in [2.45, 2.75) is 64.4 Å². The van der Waals surface area contributed by atoms with Gasteiger partial charge in [-0.05, 0) is 91.3 Å². The fraction of sp³-hybridized carbons (Fsp3) is 0.364. The van der Waals surface area contributed by atoms with Crippen LogP contribution in [-0.4, -0.2) is 23.8 Å². The number of para-hydroxylation sites is 1. The maximum atomic E-state index is 13.3. The van der Waals surface area contributed by atoms with Gasteiger partial charge in [0.25, 0.3) is 0 Å². The molecule has 2 amide bonds. The number of allylic oxidation sites excluding steroid dienone is 1. The summed E-state index contributed by atoms with van der Waals surface area (Å²) in [6.45, 7) is 8.24. The van der Waals surface area contributed by atoms with E-state index in [-0.39, 0.29) is 12.1 Å². The number of nitrogens with zero attached hydrogens (tertiary/aromatic N) is 1. The van der Waals surface area contributed by atoms with Crippen molar-refractivity contribution < 1.29 is 14.6 Å². The van der Waals surface area contributed by atoms with Crippen molar-refractivity contribution in [2.75, 3.05) is 16.8 Å². The number of benzene rings is 3. The molecule has 0 bridgehead atoms. The Kier molecular flexibility index (Phi) is 7.73. The molecule has 1 heterocycles. The number of rotatable bonds is 6. The molecule has 3 aromatic carbocycles. The van der Waals surface area contributed by atoms with Crippen LogP contribution >= 0.6 is 0 Å². The fourth-order valence-corrected chi connectivity index (χ4v) is 5.93. The van der Waals surface area contributed by atoms with Crippen molar-refractivity contribution in [2.24, 2.45) is 5.92 Å². The van der Waals surface area contributed by atoms with Gasteiger partial charge in [-0.3, -0.25) is 4.90 Å². The fourth-order valence-electron chi connectivity index (χ4n) is 5.93. The maximum Gasteiger partial charge on any atom is 0.326 e. The van der Waals surface area contributed by atoms with Crippen LogP contribution in [0.15, 0.2) is 79.1 Å². The summed E-state index contributed by atoms with van der Waals surface area (Å²) in [6, 6.07) is 22.8. The number of hydrogen-bond acceptors (Lipinski definition) is 3. The zero-order valence-corrected chi connectivity index (χ0v) is 22.5. The van der Waals surface area contributed by atoms with Crippen LogP contribution in [0.2, 0.25) is 0 Å². The number of amides is 2. The van der Waals surface area contributed by atoms with E-state index < -0.39 is 0 Å². The SMILES string of the molecule is C=C(O)CC1CCC(c2ccc(-c3ccc4c(c3)OC(C)CN4C(=O)Nc3ccccc3CC)cc2)CC1. The van der Waals surface area contributed by atoms with Crippen LogP contribution in [-0.2, 0) is 6.42 Å². The van der Waals surface area contributed by atoms with Gasteiger partial charge >= 0.3 is 6.03 Å². The molecule has 1 aliphatic carbocycles. The minimum absolute atomic E-state index is 0.106. The molecule has 0 radical (unpaired) electrons. The summed E-state index contributed by atoms with van der Waals surface area (Å²) in [5.41, 5.74) is 6.35. The van der Waals surface area contributed by atoms with Gasteiger partial charge in [0.05, 0.1) is 18.0 Å². The third-order valence-electron chi connectivity index (χ3n) is 7.99. The lowest BCUT2D eigenvalue weighted by Gasteiger charge is -2.34. The average molecular weight is 511 g/mol. The lowest BCUT2D eigenvalue weighted by atomic mass is 9.77. The van der Waals surface area contributed by atoms with Gasteiger partial charge in [-0.15, -0.1) is 0 Å². The van der Waals surface area contributed by atoms with E-state index in [1.165, 1.54) is 5.56 Å². The Balaban J connectivity index is 1.30. The lowest BCUT2D eigenvalue weighted by molar-refractivity contribution is 0.209. The highest BCUT2D eigenvalue weighted by molar-refractivity contribution is 6.03. The van der Waals surface area contributed by atoms with Crippen LogP contribution in [0.4, 0.5) is 16.2 Å². The van der Waals surface area contributed by atoms with E-state index in [9.17, 15) is 9.90 Å². The smallest absolute Gasteiger partial charge is 0.326 e. The van der Waals surface area contributed by atoms with Crippen LogP contribution in [0, 0.1) is 5.92 Å². The predicted octanol–water partition coefficient (Wildman–Crippen LogP) is 8.47. The first kappa shape index (κ1) is 25.9. The Labute approximate surface area is 226 Å². The molecular weight excluding hydrogens is 472 g/mol. The van der Waals surface area contributed by atoms with E-state index in [0.29, 0.717) is 24.1 Å². The van der Waals surface area contributed by atoms with Gasteiger partial charge in [0.2, 0.25) is 0 Å². The third kappa shape index (κ3) is 5.72. The minimum atomic E-state index is -0.141. The summed E-state index contributed by atoms with van der Waals surface area (Å²) in [7, 11) is 0. The van der Waals surface area contributed by atoms with Crippen LogP contribution < -0.4 is 15.0 Å². The number of urea groups is 1. The molecule has 1 unspecified atom stereocenters. The van der Waals surface area contributed by atoms with Gasteiger partial charge in [0.15, 0.2) is 0 Å². The molecule has 5 heteroatoms. The molecule has 1 atom stereocenters. The van der Waals surface area contributed by atoms with Gasteiger partial charge < -0.3 is 15.2 Å². The van der Waals surface area contributed by atoms with Crippen LogP contribution in [0.3, 0.4) is 0 Å². The Morgan fingerprint density at radius 1 is 1.03 bits per heavy atom. The number of ether oxygens (including phenoxy) is 1. The number of fused-ring (bicyclic) bond motifs is 1. The highest BCUT2D eigenvalue weighted by atomic mass is 16.5. The molecule has 0 spiro atoms. The maximum absolute atomic E-state index is 13.3. The van der Waals surface area contributed by atoms with Crippen LogP contribution in [0.5, 0.6) is 5.75 Å². The van der Waals surface area contributed by atoms with E-state index in [2.05, 4.69) is 49.2 Å². The second kappa shape index (κ2) is 11.3. The zero-order valence-electron chi connectivity index (χ0n) is 22.5. The molecule has 5 rings (SSSR count). The number of carbonyl (C=O) groups is 1. The number of aliphatic hydroxyl groups is 1. The molecule has 1 saturated carbocycles. The van der Waals surface area contributed by atoms with Gasteiger partial charge in [-0.2, -0.15) is 0 Å². The summed E-state index contributed by atoms with van der Waals surface area (Å²) < 4.78 is 6.18. The minimum Gasteiger partial charge on any atom is -0.513 e. The summed E-state index contributed by atoms with van der Waals surface area (Å²) in [5.74, 6) is 2.17. The van der Waals surface area contributed by atoms with Crippen molar-refractivity contribution in [3.05, 3.63) is 90.2 Å². The second-order valence-electron chi connectivity index (χ2n) is 10.8. The number of hydrogen-bond donors (Lipinski definition) is 2. The lowest BCUT2D eigenvalue weighted by Crippen LogP contribution is -2.44. The first-order valence-electron chi connectivity index (χ1n) is 13.9. The molecule has 1 aliphatic heterocycles. The molecule has 0 saturated heterocycles. The van der Waals surface area contributed by atoms with E-state index in [1.807, 2.05) is 43.3 Å². The van der Waals surface area contributed by atoms with Crippen molar-refractivity contribution >= 4 is 17.4 Å². The topological polar surface area (TPSA) is 61.8 Å². The first-order chi connectivity index (χ1) is 18.4. The molecule has 2 N–H and O–H groups in total. The largest absolute Gasteiger partial charge is 0.513 e. The Bertz CT molecular complexity index is 1290. The standard InChI is InChI=1S/C33H38N2O3/c1-4-25-7-5-6-8-30(25)34-33(37)35-21-23(3)38-32-20-29(17-18-31(32)35)28-15-13-27(14-16-28)26-11-9-24(10-12-26)19-22(2)36/h5-8,13-18,20,23-24,26,36H,2,4,9-12,19,21H2,1,3H3,(H,34,37). The Morgan fingerprint density at radius 3 is 2.45 bits per heavy atom. The molecule has 0 aromatic heterocycles. The van der Waals surface area contributed by atoms with Crippen molar-refractivity contribution in [1.29, 1.82) is 0 Å². The normalized spacial score (nSPS) is 20.8. The first-order valence-corrected chi connectivity index (χ1v) is 13.9. The number of nitrogens with one attached hydrogen (secondary N) is 1. The summed E-state index contributed by atoms with van der Waals surface area (Å²) in [6.07, 6.45) is 6.07. The average Bonchev–Trinajstić information content (AvgIpc) is 2.92. The van der Waals surface area contributed by atoms with Crippen molar-refractivity contribution in [3.63, 3.8) is 0 Å². The molecule has 2 aliphatic rings. The Hall–Kier alpha value is -3.73. The van der Waals surface area contributed by atoms with Crippen molar-refractivity contribution in [1.82, 2.24) is 0 Å². The monoisotopic (exact) mass is 510 g/mol. The highest BCUT2D eigenvalue weighted by Gasteiger charge is 2.28. The molecule has 5 nitrogen and oxygen atoms in total. The molecule has 38 heavy (non-hydrogen) atoms. The van der Waals surface area contributed by atoms with E-state index >= 15 is 0 Å². The number of aliphatic hydroxyl groups excluding tert-OH is 1. The zero-order chi connectivity index (χ0) is 26.6. The third-order valence-corrected chi connectivity index (χ3v) is 7.99. The second-order valence-corrected chi connectivity index (χ2v) is 10.8. The summed E-state index contributed by atoms with van der Waals surface area (Å²) in [5, 5.41) is 12.6. The molecule has 198 valence electrons. The van der Waals surface area contributed by atoms with Gasteiger partial charge in [-0.25, -0.2) is 4.79 Å². The molecular formula is C33H38N2O3. The van der Waals surface area contributed by atoms with E-state index in [1.54, 1.807) is 4.90 Å². The predicted molar refractivity (Wildman–Crippen MR) is 155 cm³/mol.